The molecule has 0 aromatic heterocycles. The maximum absolute atomic E-state index is 5.75. The van der Waals surface area contributed by atoms with Crippen molar-refractivity contribution in [1.29, 1.82) is 0 Å². The van der Waals surface area contributed by atoms with E-state index < -0.39 is 0 Å². The van der Waals surface area contributed by atoms with Crippen molar-refractivity contribution < 1.29 is 0 Å². The number of hydrogen-bond donors (Lipinski definition) is 0. The van der Waals surface area contributed by atoms with Gasteiger partial charge in [-0.2, -0.15) is 0 Å². The van der Waals surface area contributed by atoms with Crippen molar-refractivity contribution in [2.75, 3.05) is 0 Å². The Kier molecular flexibility index (Phi) is 1.55. The van der Waals surface area contributed by atoms with Crippen molar-refractivity contribution in [1.82, 2.24) is 0 Å². The van der Waals surface area contributed by atoms with Crippen LogP contribution in [0.1, 0.15) is 13.8 Å². The van der Waals surface area contributed by atoms with Gasteiger partial charge in [0.05, 0.1) is 10.8 Å². The van der Waals surface area contributed by atoms with Gasteiger partial charge in [0.25, 0.3) is 0 Å². The van der Waals surface area contributed by atoms with E-state index in [2.05, 4.69) is 0 Å². The molecule has 0 aromatic rings. The van der Waals surface area contributed by atoms with E-state index in [0.29, 0.717) is 0 Å². The summed E-state index contributed by atoms with van der Waals surface area (Å²) in [6.07, 6.45) is 0. The summed E-state index contributed by atoms with van der Waals surface area (Å²) in [6, 6.07) is 0. The molecule has 0 saturated carbocycles. The molecule has 0 saturated heterocycles. The molecule has 0 bridgehead atoms. The van der Waals surface area contributed by atoms with Crippen LogP contribution < -0.4 is 0 Å². The summed E-state index contributed by atoms with van der Waals surface area (Å²) in [5.74, 6) is 0. The highest BCUT2D eigenvalue weighted by molar-refractivity contribution is 6.34. The van der Waals surface area contributed by atoms with Crippen LogP contribution in [0, 0.1) is 0 Å². The Morgan fingerprint density at radius 1 is 1.00 bits per heavy atom. The first kappa shape index (κ1) is 6.44. The van der Waals surface area contributed by atoms with Gasteiger partial charge in [-0.15, -0.1) is 23.2 Å². The molecule has 8 heavy (non-hydrogen) atoms. The summed E-state index contributed by atoms with van der Waals surface area (Å²) in [6.45, 7) is 4.04. The molecular weight excluding hydrogens is 143 g/mol. The van der Waals surface area contributed by atoms with Crippen LogP contribution in [-0.2, 0) is 0 Å². The van der Waals surface area contributed by atoms with Crippen LogP contribution in [0.4, 0.5) is 0 Å². The van der Waals surface area contributed by atoms with E-state index in [-0.39, 0.29) is 10.8 Å². The zero-order valence-electron chi connectivity index (χ0n) is 4.91. The third kappa shape index (κ3) is 0.672. The number of rotatable bonds is 0. The van der Waals surface area contributed by atoms with Gasteiger partial charge in [0, 0.05) is 0 Å². The average molecular weight is 151 g/mol. The number of hydrogen-bond acceptors (Lipinski definition) is 0. The fraction of sp³-hybridized carbons (Fsp3) is 0.667. The van der Waals surface area contributed by atoms with Gasteiger partial charge in [-0.05, 0) is 13.8 Å². The van der Waals surface area contributed by atoms with Crippen molar-refractivity contribution in [2.24, 2.45) is 0 Å². The molecule has 1 rings (SSSR count). The molecule has 0 heterocycles. The van der Waals surface area contributed by atoms with Gasteiger partial charge in [-0.25, -0.2) is 0 Å². The molecule has 0 aliphatic heterocycles. The van der Waals surface area contributed by atoms with Crippen LogP contribution in [0.3, 0.4) is 0 Å². The molecule has 0 amide bonds. The van der Waals surface area contributed by atoms with Crippen molar-refractivity contribution in [3.05, 3.63) is 11.1 Å². The van der Waals surface area contributed by atoms with Crippen LogP contribution >= 0.6 is 23.2 Å². The highest BCUT2D eigenvalue weighted by Crippen LogP contribution is 2.36. The van der Waals surface area contributed by atoms with E-state index in [4.69, 9.17) is 23.2 Å². The third-order valence-electron chi connectivity index (χ3n) is 1.71. The van der Waals surface area contributed by atoms with E-state index in [1.165, 1.54) is 11.1 Å². The zero-order chi connectivity index (χ0) is 6.31. The Balaban J connectivity index is 2.74. The minimum absolute atomic E-state index is 0.0941. The molecule has 2 heteroatoms. The number of halogens is 2. The summed E-state index contributed by atoms with van der Waals surface area (Å²) in [5.41, 5.74) is 2.48. The molecule has 0 aromatic carbocycles. The largest absolute Gasteiger partial charge is 0.116 e. The van der Waals surface area contributed by atoms with Crippen LogP contribution in [0.25, 0.3) is 0 Å². The topological polar surface area (TPSA) is 0 Å². The highest BCUT2D eigenvalue weighted by atomic mass is 35.5. The maximum Gasteiger partial charge on any atom is 0.0747 e. The summed E-state index contributed by atoms with van der Waals surface area (Å²) in [4.78, 5) is 0. The van der Waals surface area contributed by atoms with Gasteiger partial charge in [0.15, 0.2) is 0 Å². The monoisotopic (exact) mass is 150 g/mol. The lowest BCUT2D eigenvalue weighted by molar-refractivity contribution is 0.818. The van der Waals surface area contributed by atoms with Gasteiger partial charge in [-0.1, -0.05) is 11.1 Å². The maximum atomic E-state index is 5.75. The Bertz CT molecular complexity index is 121. The normalized spacial score (nSPS) is 37.5. The van der Waals surface area contributed by atoms with Crippen LogP contribution in [0.5, 0.6) is 0 Å². The van der Waals surface area contributed by atoms with Crippen LogP contribution in [0.15, 0.2) is 11.1 Å². The summed E-state index contributed by atoms with van der Waals surface area (Å²) < 4.78 is 0. The Hall–Kier alpha value is 0.320. The van der Waals surface area contributed by atoms with Gasteiger partial charge < -0.3 is 0 Å². The molecule has 1 aliphatic carbocycles. The Labute approximate surface area is 59.5 Å². The Morgan fingerprint density at radius 2 is 1.25 bits per heavy atom. The molecule has 0 nitrogen and oxygen atoms in total. The SMILES string of the molecule is CC1=C(C)[C@@H](Cl)[C@@H]1Cl. The second-order valence-corrected chi connectivity index (χ2v) is 3.11. The lowest BCUT2D eigenvalue weighted by atomic mass is 9.90. The lowest BCUT2D eigenvalue weighted by Gasteiger charge is -2.30. The number of allylic oxidation sites excluding steroid dienone is 2. The highest BCUT2D eigenvalue weighted by Gasteiger charge is 2.31. The van der Waals surface area contributed by atoms with E-state index in [1.807, 2.05) is 13.8 Å². The molecule has 0 unspecified atom stereocenters. The van der Waals surface area contributed by atoms with Gasteiger partial charge in [0.1, 0.15) is 0 Å². The first-order valence-corrected chi connectivity index (χ1v) is 3.47. The molecule has 0 N–H and O–H groups in total. The lowest BCUT2D eigenvalue weighted by Crippen LogP contribution is -2.29. The first-order chi connectivity index (χ1) is 3.64. The molecule has 0 radical (unpaired) electrons. The summed E-state index contributed by atoms with van der Waals surface area (Å²) >= 11 is 11.5. The van der Waals surface area contributed by atoms with Gasteiger partial charge >= 0.3 is 0 Å². The molecule has 1 aliphatic rings. The fourth-order valence-electron chi connectivity index (χ4n) is 0.778. The Morgan fingerprint density at radius 3 is 1.38 bits per heavy atom. The summed E-state index contributed by atoms with van der Waals surface area (Å²) in [7, 11) is 0. The third-order valence-corrected chi connectivity index (χ3v) is 2.99. The van der Waals surface area contributed by atoms with E-state index >= 15 is 0 Å². The molecule has 0 fully saturated rings. The van der Waals surface area contributed by atoms with Crippen LogP contribution in [-0.4, -0.2) is 10.8 Å². The molecule has 0 spiro atoms. The van der Waals surface area contributed by atoms with E-state index in [1.54, 1.807) is 0 Å². The molecule has 2 atom stereocenters. The zero-order valence-corrected chi connectivity index (χ0v) is 6.42. The predicted octanol–water partition coefficient (Wildman–Crippen LogP) is 2.55. The minimum atomic E-state index is 0.0941. The van der Waals surface area contributed by atoms with Crippen molar-refractivity contribution in [3.8, 4) is 0 Å². The van der Waals surface area contributed by atoms with Gasteiger partial charge in [0.2, 0.25) is 0 Å². The predicted molar refractivity (Wildman–Crippen MR) is 37.7 cm³/mol. The van der Waals surface area contributed by atoms with Gasteiger partial charge in [-0.3, -0.25) is 0 Å². The minimum Gasteiger partial charge on any atom is -0.116 e. The quantitative estimate of drug-likeness (QED) is 0.368. The molecule has 46 valence electrons. The summed E-state index contributed by atoms with van der Waals surface area (Å²) in [5, 5.41) is 0.188. The average Bonchev–Trinajstić information content (AvgIpc) is 1.83. The van der Waals surface area contributed by atoms with Crippen LogP contribution in [0.2, 0.25) is 0 Å². The van der Waals surface area contributed by atoms with Crippen molar-refractivity contribution in [3.63, 3.8) is 0 Å². The van der Waals surface area contributed by atoms with Crippen molar-refractivity contribution in [2.45, 2.75) is 24.6 Å². The number of alkyl halides is 2. The smallest absolute Gasteiger partial charge is 0.0747 e. The first-order valence-electron chi connectivity index (χ1n) is 2.60. The van der Waals surface area contributed by atoms with Crippen molar-refractivity contribution >= 4 is 23.2 Å². The fourth-order valence-corrected chi connectivity index (χ4v) is 1.50. The van der Waals surface area contributed by atoms with E-state index in [9.17, 15) is 0 Å². The standard InChI is InChI=1S/C6H8Cl2/c1-3-4(2)6(8)5(3)7/h5-6H,1-2H3/t5-,6-/m1/s1. The van der Waals surface area contributed by atoms with E-state index in [0.717, 1.165) is 0 Å². The second-order valence-electron chi connectivity index (χ2n) is 2.17. The molecular formula is C6H8Cl2. The second kappa shape index (κ2) is 1.93.